The van der Waals surface area contributed by atoms with Gasteiger partial charge in [-0.05, 0) is 23.6 Å². The van der Waals surface area contributed by atoms with Crippen LogP contribution in [0.3, 0.4) is 0 Å². The molecule has 0 aromatic heterocycles. The lowest BCUT2D eigenvalue weighted by Crippen LogP contribution is -2.05. The molecule has 1 aromatic carbocycles. The number of carbonyl (C=O) groups excluding carboxylic acids is 1. The molecule has 1 aromatic rings. The van der Waals surface area contributed by atoms with Gasteiger partial charge in [0.25, 0.3) is 0 Å². The van der Waals surface area contributed by atoms with E-state index in [-0.39, 0.29) is 11.2 Å². The van der Waals surface area contributed by atoms with Gasteiger partial charge in [-0.1, -0.05) is 50.3 Å². The smallest absolute Gasteiger partial charge is 0.229 e. The quantitative estimate of drug-likeness (QED) is 0.555. The van der Waals surface area contributed by atoms with Crippen LogP contribution < -0.4 is 0 Å². The fourth-order valence-corrected chi connectivity index (χ4v) is 1.43. The predicted octanol–water partition coefficient (Wildman–Crippen LogP) is 4.14. The zero-order chi connectivity index (χ0) is 11.7. The van der Waals surface area contributed by atoms with Crippen molar-refractivity contribution in [1.82, 2.24) is 0 Å². The van der Waals surface area contributed by atoms with Crippen molar-refractivity contribution >= 4 is 16.8 Å². The highest BCUT2D eigenvalue weighted by molar-refractivity contribution is 6.64. The summed E-state index contributed by atoms with van der Waals surface area (Å²) in [5.41, 5.74) is 0.947. The Labute approximate surface area is 96.8 Å². The van der Waals surface area contributed by atoms with Gasteiger partial charge in [-0.25, -0.2) is 0 Å². The van der Waals surface area contributed by atoms with Crippen LogP contribution >= 0.6 is 11.6 Å². The molecule has 0 N–H and O–H groups in total. The minimum Gasteiger partial charge on any atom is -0.281 e. The number of halogens is 1. The molecule has 0 fully saturated rings. The fraction of sp³-hybridized carbons (Fsp3) is 0.308. The number of hydrogen-bond acceptors (Lipinski definition) is 1. The maximum atomic E-state index is 11.1. The van der Waals surface area contributed by atoms with Crippen molar-refractivity contribution in [2.24, 2.45) is 0 Å². The van der Waals surface area contributed by atoms with Crippen LogP contribution in [0.4, 0.5) is 0 Å². The van der Waals surface area contributed by atoms with Crippen LogP contribution in [0.5, 0.6) is 0 Å². The normalized spacial score (nSPS) is 10.9. The Balaban J connectivity index is 0.000000921. The van der Waals surface area contributed by atoms with Gasteiger partial charge in [0.2, 0.25) is 5.24 Å². The van der Waals surface area contributed by atoms with Crippen molar-refractivity contribution in [3.63, 3.8) is 0 Å². The van der Waals surface area contributed by atoms with Crippen molar-refractivity contribution in [2.75, 3.05) is 0 Å². The highest BCUT2D eigenvalue weighted by Gasteiger charge is 2.15. The summed E-state index contributed by atoms with van der Waals surface area (Å²) in [4.78, 5) is 11.1. The molecule has 1 rings (SSSR count). The van der Waals surface area contributed by atoms with Gasteiger partial charge < -0.3 is 0 Å². The second-order valence-corrected chi connectivity index (χ2v) is 3.16. The van der Waals surface area contributed by atoms with E-state index in [0.717, 1.165) is 5.56 Å². The summed E-state index contributed by atoms with van der Waals surface area (Å²) < 4.78 is 0. The van der Waals surface area contributed by atoms with E-state index in [1.165, 1.54) is 0 Å². The first kappa shape index (κ1) is 13.9. The van der Waals surface area contributed by atoms with Crippen LogP contribution in [0.15, 0.2) is 43.0 Å². The SMILES string of the molecule is C=CCC(C(=O)Cl)c1ccccc1.CC. The second-order valence-electron chi connectivity index (χ2n) is 2.79. The van der Waals surface area contributed by atoms with Gasteiger partial charge >= 0.3 is 0 Å². The average Bonchev–Trinajstić information content (AvgIpc) is 2.29. The summed E-state index contributed by atoms with van der Waals surface area (Å²) >= 11 is 5.47. The molecule has 0 bridgehead atoms. The zero-order valence-corrected chi connectivity index (χ0v) is 10.00. The standard InChI is InChI=1S/C11H11ClO.C2H6/c1-2-6-10(11(12)13)9-7-4-3-5-8-9;1-2/h2-5,7-8,10H,1,6H2;1-2H3. The molecule has 1 atom stereocenters. The van der Waals surface area contributed by atoms with E-state index < -0.39 is 0 Å². The zero-order valence-electron chi connectivity index (χ0n) is 9.24. The van der Waals surface area contributed by atoms with E-state index in [2.05, 4.69) is 6.58 Å². The first-order chi connectivity index (χ1) is 7.25. The summed E-state index contributed by atoms with van der Waals surface area (Å²) in [5.74, 6) is -0.250. The molecule has 0 radical (unpaired) electrons. The summed E-state index contributed by atoms with van der Waals surface area (Å²) in [7, 11) is 0. The van der Waals surface area contributed by atoms with Gasteiger partial charge in [0.1, 0.15) is 0 Å². The Morgan fingerprint density at radius 1 is 1.40 bits per heavy atom. The largest absolute Gasteiger partial charge is 0.281 e. The molecule has 0 aliphatic heterocycles. The third kappa shape index (κ3) is 4.80. The fourth-order valence-electron chi connectivity index (χ4n) is 1.21. The number of allylic oxidation sites excluding steroid dienone is 1. The van der Waals surface area contributed by atoms with Gasteiger partial charge in [0.15, 0.2) is 0 Å². The van der Waals surface area contributed by atoms with Crippen LogP contribution in [0.25, 0.3) is 0 Å². The Kier molecular flexibility index (Phi) is 7.65. The summed E-state index contributed by atoms with van der Waals surface area (Å²) in [5, 5.41) is -0.328. The van der Waals surface area contributed by atoms with E-state index in [1.54, 1.807) is 6.08 Å². The monoisotopic (exact) mass is 224 g/mol. The highest BCUT2D eigenvalue weighted by Crippen LogP contribution is 2.22. The lowest BCUT2D eigenvalue weighted by Gasteiger charge is -2.09. The first-order valence-corrected chi connectivity index (χ1v) is 5.48. The molecule has 0 heterocycles. The molecular formula is C13H17ClO. The molecule has 0 saturated heterocycles. The molecule has 1 nitrogen and oxygen atoms in total. The molecule has 82 valence electrons. The van der Waals surface area contributed by atoms with E-state index in [4.69, 9.17) is 11.6 Å². The molecule has 0 aliphatic carbocycles. The Morgan fingerprint density at radius 3 is 2.33 bits per heavy atom. The van der Waals surface area contributed by atoms with Crippen LogP contribution in [0.1, 0.15) is 31.7 Å². The van der Waals surface area contributed by atoms with Crippen LogP contribution in [0.2, 0.25) is 0 Å². The molecule has 15 heavy (non-hydrogen) atoms. The molecule has 0 spiro atoms. The van der Waals surface area contributed by atoms with Crippen LogP contribution in [-0.4, -0.2) is 5.24 Å². The molecule has 0 amide bonds. The van der Waals surface area contributed by atoms with Crippen LogP contribution in [-0.2, 0) is 4.79 Å². The van der Waals surface area contributed by atoms with Gasteiger partial charge in [-0.3, -0.25) is 4.79 Å². The van der Waals surface area contributed by atoms with Crippen molar-refractivity contribution in [3.8, 4) is 0 Å². The molecule has 0 saturated carbocycles. The minimum atomic E-state index is -0.328. The first-order valence-electron chi connectivity index (χ1n) is 5.11. The van der Waals surface area contributed by atoms with Crippen molar-refractivity contribution in [1.29, 1.82) is 0 Å². The average molecular weight is 225 g/mol. The number of rotatable bonds is 4. The highest BCUT2D eigenvalue weighted by atomic mass is 35.5. The maximum absolute atomic E-state index is 11.1. The van der Waals surface area contributed by atoms with E-state index >= 15 is 0 Å². The molecular weight excluding hydrogens is 208 g/mol. The summed E-state index contributed by atoms with van der Waals surface area (Å²) in [6, 6.07) is 9.49. The number of hydrogen-bond donors (Lipinski definition) is 0. The van der Waals surface area contributed by atoms with Gasteiger partial charge in [0, 0.05) is 0 Å². The molecule has 2 heteroatoms. The van der Waals surface area contributed by atoms with Crippen LogP contribution in [0, 0.1) is 0 Å². The number of carbonyl (C=O) groups is 1. The molecule has 0 aliphatic rings. The Hall–Kier alpha value is -1.08. The van der Waals surface area contributed by atoms with Crippen molar-refractivity contribution in [2.45, 2.75) is 26.2 Å². The Morgan fingerprint density at radius 2 is 1.93 bits per heavy atom. The summed E-state index contributed by atoms with van der Waals surface area (Å²) in [6.07, 6.45) is 2.30. The van der Waals surface area contributed by atoms with E-state index in [1.807, 2.05) is 44.2 Å². The summed E-state index contributed by atoms with van der Waals surface area (Å²) in [6.45, 7) is 7.60. The second kappa shape index (κ2) is 8.25. The number of benzene rings is 1. The Bertz CT molecular complexity index is 293. The van der Waals surface area contributed by atoms with Crippen molar-refractivity contribution in [3.05, 3.63) is 48.6 Å². The predicted molar refractivity (Wildman–Crippen MR) is 66.2 cm³/mol. The third-order valence-electron chi connectivity index (χ3n) is 1.88. The van der Waals surface area contributed by atoms with Gasteiger partial charge in [-0.2, -0.15) is 0 Å². The van der Waals surface area contributed by atoms with Gasteiger partial charge in [0.05, 0.1) is 5.92 Å². The topological polar surface area (TPSA) is 17.1 Å². The maximum Gasteiger partial charge on any atom is 0.229 e. The van der Waals surface area contributed by atoms with E-state index in [9.17, 15) is 4.79 Å². The third-order valence-corrected chi connectivity index (χ3v) is 2.14. The lowest BCUT2D eigenvalue weighted by molar-refractivity contribution is -0.112. The van der Waals surface area contributed by atoms with Gasteiger partial charge in [-0.15, -0.1) is 6.58 Å². The van der Waals surface area contributed by atoms with E-state index in [0.29, 0.717) is 6.42 Å². The molecule has 1 unspecified atom stereocenters. The van der Waals surface area contributed by atoms with Crippen molar-refractivity contribution < 1.29 is 4.79 Å². The minimum absolute atomic E-state index is 0.250. The lowest BCUT2D eigenvalue weighted by atomic mass is 9.97.